The Balaban J connectivity index is 3.52. The molecule has 0 aromatic rings. The second kappa shape index (κ2) is 18.0. The maximum absolute atomic E-state index is 10.5. The highest BCUT2D eigenvalue weighted by molar-refractivity contribution is 5.75. The summed E-state index contributed by atoms with van der Waals surface area (Å²) >= 11 is 0. The predicted molar refractivity (Wildman–Crippen MR) is 102 cm³/mol. The molecule has 126 valence electrons. The molecule has 23 heavy (non-hydrogen) atoms. The van der Waals surface area contributed by atoms with Gasteiger partial charge in [0.15, 0.2) is 0 Å². The fourth-order valence-corrected chi connectivity index (χ4v) is 1.72. The van der Waals surface area contributed by atoms with Crippen LogP contribution in [-0.2, 0) is 4.79 Å². The van der Waals surface area contributed by atoms with E-state index in [1.54, 1.807) is 0 Å². The average Bonchev–Trinajstić information content (AvgIpc) is 2.53. The molecule has 0 saturated heterocycles. The average molecular weight is 313 g/mol. The third kappa shape index (κ3) is 19.9. The van der Waals surface area contributed by atoms with Crippen LogP contribution in [0.5, 0.6) is 0 Å². The number of rotatable bonds is 13. The largest absolute Gasteiger partial charge is 0.369 e. The summed E-state index contributed by atoms with van der Waals surface area (Å²) in [5.41, 5.74) is 5.03. The number of hydrogen-bond donors (Lipinski definition) is 1. The molecule has 2 heteroatoms. The van der Waals surface area contributed by atoms with Crippen LogP contribution in [0.1, 0.15) is 51.9 Å². The Hall–Kier alpha value is -2.09. The molecule has 0 rings (SSSR count). The van der Waals surface area contributed by atoms with Gasteiger partial charge in [0.2, 0.25) is 5.91 Å². The van der Waals surface area contributed by atoms with Crippen LogP contribution in [0.2, 0.25) is 0 Å². The third-order valence-electron chi connectivity index (χ3n) is 2.92. The van der Waals surface area contributed by atoms with E-state index < -0.39 is 0 Å². The van der Waals surface area contributed by atoms with Gasteiger partial charge in [-0.2, -0.15) is 0 Å². The summed E-state index contributed by atoms with van der Waals surface area (Å²) in [6.45, 7) is 2.15. The van der Waals surface area contributed by atoms with Crippen LogP contribution in [0.4, 0.5) is 0 Å². The predicted octanol–water partition coefficient (Wildman–Crippen LogP) is 5.56. The van der Waals surface area contributed by atoms with Crippen molar-refractivity contribution in [1.82, 2.24) is 0 Å². The molecule has 0 aliphatic heterocycles. The summed E-state index contributed by atoms with van der Waals surface area (Å²) < 4.78 is 0. The minimum Gasteiger partial charge on any atom is -0.369 e. The number of carbonyl (C=O) groups is 1. The van der Waals surface area contributed by atoms with Crippen LogP contribution in [0.15, 0.2) is 72.9 Å². The SMILES string of the molecule is CC/C=C\C/C=C\C/C=C\C/C=C\C/C=C\C/C=C\CC(N)=O. The smallest absolute Gasteiger partial charge is 0.221 e. The van der Waals surface area contributed by atoms with Crippen molar-refractivity contribution in [2.75, 3.05) is 0 Å². The van der Waals surface area contributed by atoms with Gasteiger partial charge in [0.1, 0.15) is 0 Å². The zero-order chi connectivity index (χ0) is 17.0. The Morgan fingerprint density at radius 2 is 0.913 bits per heavy atom. The molecule has 0 aliphatic rings. The number of hydrogen-bond acceptors (Lipinski definition) is 1. The molecular formula is C21H31NO. The Bertz CT molecular complexity index is 450. The van der Waals surface area contributed by atoms with Crippen molar-refractivity contribution in [3.05, 3.63) is 72.9 Å². The quantitative estimate of drug-likeness (QED) is 0.444. The van der Waals surface area contributed by atoms with Crippen LogP contribution in [0.25, 0.3) is 0 Å². The maximum Gasteiger partial charge on any atom is 0.221 e. The Labute approximate surface area is 141 Å². The highest BCUT2D eigenvalue weighted by atomic mass is 16.1. The van der Waals surface area contributed by atoms with Crippen LogP contribution in [-0.4, -0.2) is 5.91 Å². The van der Waals surface area contributed by atoms with Gasteiger partial charge in [-0.3, -0.25) is 4.79 Å². The normalized spacial score (nSPS) is 13.1. The number of nitrogens with two attached hydrogens (primary N) is 1. The van der Waals surface area contributed by atoms with E-state index >= 15 is 0 Å². The minimum atomic E-state index is -0.287. The standard InChI is InChI=1S/C21H31NO/c1-2-3-4-5-6-7-8-9-10-11-12-13-14-15-16-17-18-19-20-21(22)23/h3-4,6-7,9-10,12-13,15-16,18-19H,2,5,8,11,14,17,20H2,1H3,(H2,22,23)/b4-3-,7-6-,10-9-,13-12-,16-15-,19-18-. The molecule has 0 aromatic carbocycles. The van der Waals surface area contributed by atoms with E-state index in [-0.39, 0.29) is 5.91 Å². The Kier molecular flexibility index (Phi) is 16.3. The van der Waals surface area contributed by atoms with Crippen LogP contribution >= 0.6 is 0 Å². The first-order valence-corrected chi connectivity index (χ1v) is 8.45. The third-order valence-corrected chi connectivity index (χ3v) is 2.92. The highest BCUT2D eigenvalue weighted by Crippen LogP contribution is 1.96. The van der Waals surface area contributed by atoms with Crippen LogP contribution in [0.3, 0.4) is 0 Å². The van der Waals surface area contributed by atoms with Gasteiger partial charge in [0.05, 0.1) is 0 Å². The molecule has 0 radical (unpaired) electrons. The van der Waals surface area contributed by atoms with E-state index in [0.717, 1.165) is 38.5 Å². The molecule has 0 aliphatic carbocycles. The van der Waals surface area contributed by atoms with E-state index in [1.165, 1.54) is 0 Å². The molecule has 2 nitrogen and oxygen atoms in total. The van der Waals surface area contributed by atoms with Crippen molar-refractivity contribution in [2.24, 2.45) is 5.73 Å². The lowest BCUT2D eigenvalue weighted by Crippen LogP contribution is -2.07. The fraction of sp³-hybridized carbons (Fsp3) is 0.381. The molecule has 0 fully saturated rings. The van der Waals surface area contributed by atoms with Gasteiger partial charge in [-0.05, 0) is 38.5 Å². The molecule has 0 bridgehead atoms. The van der Waals surface area contributed by atoms with Crippen molar-refractivity contribution in [3.8, 4) is 0 Å². The van der Waals surface area contributed by atoms with E-state index in [9.17, 15) is 4.79 Å². The lowest BCUT2D eigenvalue weighted by Gasteiger charge is -1.86. The van der Waals surface area contributed by atoms with Crippen LogP contribution < -0.4 is 5.73 Å². The lowest BCUT2D eigenvalue weighted by molar-refractivity contribution is -0.117. The summed E-state index contributed by atoms with van der Waals surface area (Å²) in [6, 6.07) is 0. The van der Waals surface area contributed by atoms with Crippen molar-refractivity contribution in [1.29, 1.82) is 0 Å². The van der Waals surface area contributed by atoms with E-state index in [0.29, 0.717) is 6.42 Å². The molecule has 1 amide bonds. The molecule has 0 unspecified atom stereocenters. The van der Waals surface area contributed by atoms with Crippen LogP contribution in [0, 0.1) is 0 Å². The van der Waals surface area contributed by atoms with Crippen molar-refractivity contribution >= 4 is 5.91 Å². The molecule has 0 saturated carbocycles. The van der Waals surface area contributed by atoms with E-state index in [4.69, 9.17) is 5.73 Å². The molecule has 2 N–H and O–H groups in total. The van der Waals surface area contributed by atoms with Gasteiger partial charge >= 0.3 is 0 Å². The molecular weight excluding hydrogens is 282 g/mol. The first-order chi connectivity index (χ1) is 11.3. The Morgan fingerprint density at radius 1 is 0.609 bits per heavy atom. The molecule has 0 atom stereocenters. The fourth-order valence-electron chi connectivity index (χ4n) is 1.72. The summed E-state index contributed by atoms with van der Waals surface area (Å²) in [4.78, 5) is 10.5. The zero-order valence-electron chi connectivity index (χ0n) is 14.4. The topological polar surface area (TPSA) is 43.1 Å². The number of primary amides is 1. The van der Waals surface area contributed by atoms with Crippen molar-refractivity contribution in [2.45, 2.75) is 51.9 Å². The summed E-state index contributed by atoms with van der Waals surface area (Å²) in [5, 5.41) is 0. The molecule has 0 aromatic heterocycles. The molecule has 0 spiro atoms. The van der Waals surface area contributed by atoms with Crippen molar-refractivity contribution in [3.63, 3.8) is 0 Å². The lowest BCUT2D eigenvalue weighted by atomic mass is 10.2. The molecule has 0 heterocycles. The van der Waals surface area contributed by atoms with E-state index in [2.05, 4.69) is 67.7 Å². The zero-order valence-corrected chi connectivity index (χ0v) is 14.4. The second-order valence-electron chi connectivity index (χ2n) is 5.09. The van der Waals surface area contributed by atoms with Gasteiger partial charge in [-0.1, -0.05) is 79.8 Å². The summed E-state index contributed by atoms with van der Waals surface area (Å²) in [5.74, 6) is -0.287. The number of carbonyl (C=O) groups excluding carboxylic acids is 1. The first-order valence-electron chi connectivity index (χ1n) is 8.45. The van der Waals surface area contributed by atoms with Gasteiger partial charge in [0.25, 0.3) is 0 Å². The van der Waals surface area contributed by atoms with Gasteiger partial charge in [-0.15, -0.1) is 0 Å². The summed E-state index contributed by atoms with van der Waals surface area (Å²) in [7, 11) is 0. The van der Waals surface area contributed by atoms with Gasteiger partial charge in [-0.25, -0.2) is 0 Å². The summed E-state index contributed by atoms with van der Waals surface area (Å²) in [6.07, 6.45) is 31.8. The number of allylic oxidation sites excluding steroid dienone is 11. The monoisotopic (exact) mass is 313 g/mol. The van der Waals surface area contributed by atoms with Crippen molar-refractivity contribution < 1.29 is 4.79 Å². The highest BCUT2D eigenvalue weighted by Gasteiger charge is 1.84. The minimum absolute atomic E-state index is 0.287. The Morgan fingerprint density at radius 3 is 1.22 bits per heavy atom. The van der Waals surface area contributed by atoms with Gasteiger partial charge < -0.3 is 5.73 Å². The van der Waals surface area contributed by atoms with Gasteiger partial charge in [0, 0.05) is 6.42 Å². The first kappa shape index (κ1) is 20.9. The van der Waals surface area contributed by atoms with E-state index in [1.807, 2.05) is 12.2 Å². The second-order valence-corrected chi connectivity index (χ2v) is 5.09. The maximum atomic E-state index is 10.5. The number of amides is 1.